The second-order valence-electron chi connectivity index (χ2n) is 5.58. The maximum absolute atomic E-state index is 13.3. The minimum absolute atomic E-state index is 0.184. The van der Waals surface area contributed by atoms with Gasteiger partial charge in [-0.3, -0.25) is 0 Å². The van der Waals surface area contributed by atoms with Crippen molar-refractivity contribution < 1.29 is 4.39 Å². The van der Waals surface area contributed by atoms with E-state index in [1.165, 1.54) is 25.0 Å². The van der Waals surface area contributed by atoms with E-state index in [0.29, 0.717) is 5.52 Å². The third-order valence-corrected chi connectivity index (χ3v) is 4.14. The number of nitrogens with zero attached hydrogens (tertiary/aromatic N) is 3. The summed E-state index contributed by atoms with van der Waals surface area (Å²) < 4.78 is 15.4. The number of hydrogen-bond acceptors (Lipinski definition) is 2. The molecule has 0 radical (unpaired) electrons. The maximum atomic E-state index is 13.3. The first-order valence-electron chi connectivity index (χ1n) is 7.06. The highest BCUT2D eigenvalue weighted by Gasteiger charge is 2.26. The molecule has 1 aromatic carbocycles. The zero-order valence-electron chi connectivity index (χ0n) is 11.8. The lowest BCUT2D eigenvalue weighted by molar-refractivity contribution is 0.309. The Morgan fingerprint density at radius 2 is 2.25 bits per heavy atom. The van der Waals surface area contributed by atoms with E-state index in [-0.39, 0.29) is 11.2 Å². The molecule has 1 unspecified atom stereocenters. The topological polar surface area (TPSA) is 21.1 Å². The van der Waals surface area contributed by atoms with Crippen LogP contribution in [-0.4, -0.2) is 34.1 Å². The highest BCUT2D eigenvalue weighted by atomic mass is 35.5. The molecule has 3 rings (SSSR count). The standard InChI is InChI=1S/C15H19ClFN3/c1-10(16)15-18-13-9-11(17)3-6-14(13)20(15)8-7-19(2)12-4-5-12/h3,6,9-10,12H,4-5,7-8H2,1-2H3. The van der Waals surface area contributed by atoms with Crippen LogP contribution in [0.1, 0.15) is 31.0 Å². The number of likely N-dealkylation sites (N-methyl/N-ethyl adjacent to an activating group) is 1. The predicted molar refractivity (Wildman–Crippen MR) is 79.6 cm³/mol. The number of hydrogen-bond donors (Lipinski definition) is 0. The van der Waals surface area contributed by atoms with Gasteiger partial charge in [0, 0.05) is 25.2 Å². The normalized spacial score (nSPS) is 17.1. The Kier molecular flexibility index (Phi) is 3.69. The Balaban J connectivity index is 1.91. The highest BCUT2D eigenvalue weighted by molar-refractivity contribution is 6.20. The molecule has 1 aliphatic carbocycles. The predicted octanol–water partition coefficient (Wildman–Crippen LogP) is 3.57. The molecule has 1 heterocycles. The van der Waals surface area contributed by atoms with Crippen LogP contribution in [0.4, 0.5) is 4.39 Å². The summed E-state index contributed by atoms with van der Waals surface area (Å²) in [7, 11) is 2.15. The lowest BCUT2D eigenvalue weighted by atomic mass is 10.3. The largest absolute Gasteiger partial charge is 0.325 e. The van der Waals surface area contributed by atoms with Crippen LogP contribution in [0, 0.1) is 5.82 Å². The van der Waals surface area contributed by atoms with E-state index in [2.05, 4.69) is 21.5 Å². The van der Waals surface area contributed by atoms with Gasteiger partial charge in [0.05, 0.1) is 16.4 Å². The van der Waals surface area contributed by atoms with Gasteiger partial charge in [0.2, 0.25) is 0 Å². The lowest BCUT2D eigenvalue weighted by Gasteiger charge is -2.18. The first kappa shape index (κ1) is 13.8. The summed E-state index contributed by atoms with van der Waals surface area (Å²) in [5.41, 5.74) is 1.64. The Labute approximate surface area is 123 Å². The van der Waals surface area contributed by atoms with Crippen LogP contribution in [0.25, 0.3) is 11.0 Å². The fourth-order valence-electron chi connectivity index (χ4n) is 2.62. The van der Waals surface area contributed by atoms with E-state index in [1.807, 2.05) is 6.92 Å². The average molecular weight is 296 g/mol. The number of alkyl halides is 1. The Hall–Kier alpha value is -1.13. The summed E-state index contributed by atoms with van der Waals surface area (Å²) in [4.78, 5) is 6.86. The Morgan fingerprint density at radius 1 is 1.50 bits per heavy atom. The van der Waals surface area contributed by atoms with Gasteiger partial charge in [-0.15, -0.1) is 11.6 Å². The summed E-state index contributed by atoms with van der Waals surface area (Å²) in [6.07, 6.45) is 2.59. The molecule has 0 amide bonds. The van der Waals surface area contributed by atoms with Gasteiger partial charge in [0.1, 0.15) is 11.6 Å². The van der Waals surface area contributed by atoms with Crippen LogP contribution in [0.3, 0.4) is 0 Å². The van der Waals surface area contributed by atoms with Gasteiger partial charge in [0.15, 0.2) is 0 Å². The SMILES string of the molecule is CC(Cl)c1nc2cc(F)ccc2n1CCN(C)C1CC1. The summed E-state index contributed by atoms with van der Waals surface area (Å²) in [6, 6.07) is 5.48. The summed E-state index contributed by atoms with van der Waals surface area (Å²) >= 11 is 6.22. The fourth-order valence-corrected chi connectivity index (χ4v) is 2.78. The first-order valence-corrected chi connectivity index (χ1v) is 7.50. The Bertz CT molecular complexity index is 619. The minimum atomic E-state index is -0.258. The van der Waals surface area contributed by atoms with Crippen molar-refractivity contribution in [2.75, 3.05) is 13.6 Å². The molecule has 20 heavy (non-hydrogen) atoms. The molecule has 1 aliphatic rings. The summed E-state index contributed by atoms with van der Waals surface area (Å²) in [5, 5.41) is -0.184. The third kappa shape index (κ3) is 2.67. The van der Waals surface area contributed by atoms with Crippen molar-refractivity contribution in [1.29, 1.82) is 0 Å². The van der Waals surface area contributed by atoms with Crippen molar-refractivity contribution >= 4 is 22.6 Å². The quantitative estimate of drug-likeness (QED) is 0.786. The van der Waals surface area contributed by atoms with Crippen molar-refractivity contribution in [2.24, 2.45) is 0 Å². The zero-order valence-corrected chi connectivity index (χ0v) is 12.6. The Morgan fingerprint density at radius 3 is 2.90 bits per heavy atom. The van der Waals surface area contributed by atoms with Crippen LogP contribution >= 0.6 is 11.6 Å². The van der Waals surface area contributed by atoms with E-state index >= 15 is 0 Å². The number of halogens is 2. The van der Waals surface area contributed by atoms with Gasteiger partial charge in [-0.2, -0.15) is 0 Å². The summed E-state index contributed by atoms with van der Waals surface area (Å²) in [6.45, 7) is 3.70. The number of rotatable bonds is 5. The van der Waals surface area contributed by atoms with Gasteiger partial charge in [0.25, 0.3) is 0 Å². The molecule has 3 nitrogen and oxygen atoms in total. The molecule has 1 saturated carbocycles. The van der Waals surface area contributed by atoms with Crippen LogP contribution in [0.5, 0.6) is 0 Å². The molecule has 0 aliphatic heterocycles. The van der Waals surface area contributed by atoms with Crippen molar-refractivity contribution in [3.63, 3.8) is 0 Å². The van der Waals surface area contributed by atoms with Crippen LogP contribution in [0.15, 0.2) is 18.2 Å². The fraction of sp³-hybridized carbons (Fsp3) is 0.533. The van der Waals surface area contributed by atoms with Gasteiger partial charge in [-0.05, 0) is 38.9 Å². The van der Waals surface area contributed by atoms with Crippen molar-refractivity contribution in [3.8, 4) is 0 Å². The molecular weight excluding hydrogens is 277 g/mol. The maximum Gasteiger partial charge on any atom is 0.127 e. The van der Waals surface area contributed by atoms with Crippen LogP contribution < -0.4 is 0 Å². The van der Waals surface area contributed by atoms with Gasteiger partial charge in [-0.25, -0.2) is 9.37 Å². The molecule has 2 aromatic rings. The van der Waals surface area contributed by atoms with E-state index in [9.17, 15) is 4.39 Å². The monoisotopic (exact) mass is 295 g/mol. The highest BCUT2D eigenvalue weighted by Crippen LogP contribution is 2.27. The molecule has 0 bridgehead atoms. The molecule has 1 fully saturated rings. The zero-order chi connectivity index (χ0) is 14.3. The molecule has 1 aromatic heterocycles. The number of fused-ring (bicyclic) bond motifs is 1. The smallest absolute Gasteiger partial charge is 0.127 e. The van der Waals surface area contributed by atoms with E-state index in [0.717, 1.165) is 30.5 Å². The van der Waals surface area contributed by atoms with E-state index in [4.69, 9.17) is 11.6 Å². The van der Waals surface area contributed by atoms with E-state index in [1.54, 1.807) is 6.07 Å². The van der Waals surface area contributed by atoms with Crippen LogP contribution in [0.2, 0.25) is 0 Å². The van der Waals surface area contributed by atoms with Crippen molar-refractivity contribution in [3.05, 3.63) is 29.8 Å². The average Bonchev–Trinajstić information content (AvgIpc) is 3.18. The van der Waals surface area contributed by atoms with Gasteiger partial charge >= 0.3 is 0 Å². The minimum Gasteiger partial charge on any atom is -0.325 e. The molecule has 0 saturated heterocycles. The second-order valence-corrected chi connectivity index (χ2v) is 6.24. The number of aromatic nitrogens is 2. The molecular formula is C15H19ClFN3. The molecule has 108 valence electrons. The van der Waals surface area contributed by atoms with Crippen molar-refractivity contribution in [1.82, 2.24) is 14.5 Å². The van der Waals surface area contributed by atoms with Gasteiger partial charge < -0.3 is 9.47 Å². The number of imidazole rings is 1. The molecule has 0 N–H and O–H groups in total. The molecule has 5 heteroatoms. The number of benzene rings is 1. The second kappa shape index (κ2) is 5.34. The van der Waals surface area contributed by atoms with Crippen LogP contribution in [-0.2, 0) is 6.54 Å². The summed E-state index contributed by atoms with van der Waals surface area (Å²) in [5.74, 6) is 0.558. The van der Waals surface area contributed by atoms with E-state index < -0.39 is 0 Å². The first-order chi connectivity index (χ1) is 9.56. The lowest BCUT2D eigenvalue weighted by Crippen LogP contribution is -2.25. The van der Waals surface area contributed by atoms with Gasteiger partial charge in [-0.1, -0.05) is 0 Å². The third-order valence-electron chi connectivity index (χ3n) is 3.94. The van der Waals surface area contributed by atoms with Crippen molar-refractivity contribution in [2.45, 2.75) is 37.7 Å². The molecule has 1 atom stereocenters. The molecule has 0 spiro atoms.